The number of allylic oxidation sites excluding steroid dienone is 1. The Kier molecular flexibility index (Phi) is 18.4. The van der Waals surface area contributed by atoms with Gasteiger partial charge in [-0.05, 0) is 18.9 Å². The molecule has 0 rings (SSSR count). The third-order valence-electron chi connectivity index (χ3n) is 3.93. The second-order valence-corrected chi connectivity index (χ2v) is 6.27. The Morgan fingerprint density at radius 1 is 0.677 bits per heavy atom. The molecule has 0 aromatic rings. The van der Waals surface area contributed by atoms with Crippen LogP contribution in [-0.4, -0.2) is 44.3 Å². The molecule has 7 heteroatoms. The molecule has 0 aliphatic rings. The van der Waals surface area contributed by atoms with E-state index in [1.165, 1.54) is 6.08 Å². The van der Waals surface area contributed by atoms with Crippen molar-refractivity contribution in [3.05, 3.63) is 63.0 Å². The molecule has 0 saturated heterocycles. The van der Waals surface area contributed by atoms with Crippen LogP contribution >= 0.6 is 0 Å². The fourth-order valence-corrected chi connectivity index (χ4v) is 2.22. The van der Waals surface area contributed by atoms with Crippen molar-refractivity contribution < 1.29 is 33.3 Å². The van der Waals surface area contributed by atoms with Crippen molar-refractivity contribution in [2.75, 3.05) is 26.4 Å². The van der Waals surface area contributed by atoms with Gasteiger partial charge < -0.3 is 18.9 Å². The van der Waals surface area contributed by atoms with Crippen LogP contribution in [0.25, 0.3) is 0 Å². The van der Waals surface area contributed by atoms with E-state index in [9.17, 15) is 14.4 Å². The number of ether oxygens (including phenoxy) is 4. The SMILES string of the molecule is C=CC(=C)OCC(CCCCCOC(=O)C=C)(COC(=O)C=C)COC(=O)C=C.CC. The minimum atomic E-state index is -0.804. The standard InChI is InChI=1S/C22H30O7.C2H6/c1-6-18(5)27-15-22(16-28-20(24)8-3,17-29-21(25)9-4)13-11-10-12-14-26-19(23)7-2;1-2/h6-9H,1-5,10-17H2;1-2H3. The summed E-state index contributed by atoms with van der Waals surface area (Å²) < 4.78 is 21.0. The highest BCUT2D eigenvalue weighted by molar-refractivity contribution is 5.82. The molecular weight excluding hydrogens is 400 g/mol. The zero-order chi connectivity index (χ0) is 24.1. The van der Waals surface area contributed by atoms with Crippen LogP contribution in [0, 0.1) is 5.41 Å². The van der Waals surface area contributed by atoms with Crippen LogP contribution in [-0.2, 0) is 33.3 Å². The molecule has 0 amide bonds. The van der Waals surface area contributed by atoms with E-state index in [-0.39, 0.29) is 26.4 Å². The molecule has 174 valence electrons. The maximum Gasteiger partial charge on any atom is 0.330 e. The quantitative estimate of drug-likeness (QED) is 0.0830. The van der Waals surface area contributed by atoms with Crippen LogP contribution in [0.4, 0.5) is 0 Å². The van der Waals surface area contributed by atoms with Gasteiger partial charge in [0.15, 0.2) is 0 Å². The summed E-state index contributed by atoms with van der Waals surface area (Å²) in [6.07, 6.45) is 7.25. The first-order valence-corrected chi connectivity index (χ1v) is 10.1. The third kappa shape index (κ3) is 15.4. The summed E-state index contributed by atoms with van der Waals surface area (Å²) in [5.41, 5.74) is -0.804. The predicted molar refractivity (Wildman–Crippen MR) is 121 cm³/mol. The lowest BCUT2D eigenvalue weighted by molar-refractivity contribution is -0.151. The van der Waals surface area contributed by atoms with Crippen molar-refractivity contribution in [3.63, 3.8) is 0 Å². The molecule has 0 N–H and O–H groups in total. The summed E-state index contributed by atoms with van der Waals surface area (Å²) in [7, 11) is 0. The van der Waals surface area contributed by atoms with Gasteiger partial charge in [-0.2, -0.15) is 0 Å². The number of esters is 3. The highest BCUT2D eigenvalue weighted by atomic mass is 16.6. The van der Waals surface area contributed by atoms with Gasteiger partial charge in [0, 0.05) is 18.2 Å². The predicted octanol–water partition coefficient (Wildman–Crippen LogP) is 4.46. The van der Waals surface area contributed by atoms with E-state index in [1.807, 2.05) is 13.8 Å². The lowest BCUT2D eigenvalue weighted by atomic mass is 9.84. The van der Waals surface area contributed by atoms with Crippen molar-refractivity contribution in [1.29, 1.82) is 0 Å². The first-order chi connectivity index (χ1) is 14.8. The molecule has 0 aromatic carbocycles. The van der Waals surface area contributed by atoms with Crippen molar-refractivity contribution in [2.24, 2.45) is 5.41 Å². The van der Waals surface area contributed by atoms with Gasteiger partial charge in [-0.1, -0.05) is 59.6 Å². The Morgan fingerprint density at radius 3 is 1.58 bits per heavy atom. The number of rotatable bonds is 17. The molecule has 0 heterocycles. The molecule has 7 nitrogen and oxygen atoms in total. The van der Waals surface area contributed by atoms with Gasteiger partial charge in [0.25, 0.3) is 0 Å². The Morgan fingerprint density at radius 2 is 1.13 bits per heavy atom. The topological polar surface area (TPSA) is 88.1 Å². The van der Waals surface area contributed by atoms with E-state index >= 15 is 0 Å². The van der Waals surface area contributed by atoms with Gasteiger partial charge in [0.2, 0.25) is 0 Å². The maximum absolute atomic E-state index is 11.6. The summed E-state index contributed by atoms with van der Waals surface area (Å²) in [6.45, 7) is 21.6. The zero-order valence-corrected chi connectivity index (χ0v) is 18.9. The maximum atomic E-state index is 11.6. The largest absolute Gasteiger partial charge is 0.493 e. The minimum absolute atomic E-state index is 0.0435. The lowest BCUT2D eigenvalue weighted by Gasteiger charge is -2.32. The van der Waals surface area contributed by atoms with Crippen LogP contribution in [0.5, 0.6) is 0 Å². The summed E-state index contributed by atoms with van der Waals surface area (Å²) in [4.78, 5) is 34.2. The number of carbonyl (C=O) groups excluding carboxylic acids is 3. The fraction of sp³-hybridized carbons (Fsp3) is 0.458. The molecule has 0 aromatic heterocycles. The summed E-state index contributed by atoms with van der Waals surface area (Å²) >= 11 is 0. The summed E-state index contributed by atoms with van der Waals surface area (Å²) in [5.74, 6) is -1.31. The highest BCUT2D eigenvalue weighted by Gasteiger charge is 2.34. The van der Waals surface area contributed by atoms with Gasteiger partial charge in [-0.25, -0.2) is 14.4 Å². The van der Waals surface area contributed by atoms with E-state index < -0.39 is 23.3 Å². The first-order valence-electron chi connectivity index (χ1n) is 10.1. The van der Waals surface area contributed by atoms with Crippen LogP contribution in [0.1, 0.15) is 39.5 Å². The normalized spacial score (nSPS) is 9.74. The fourth-order valence-electron chi connectivity index (χ4n) is 2.22. The summed E-state index contributed by atoms with van der Waals surface area (Å²) in [6, 6.07) is 0. The van der Waals surface area contributed by atoms with E-state index in [0.717, 1.165) is 24.6 Å². The molecule has 0 spiro atoms. The summed E-state index contributed by atoms with van der Waals surface area (Å²) in [5, 5.41) is 0. The Labute approximate surface area is 186 Å². The Hall–Kier alpha value is -3.09. The van der Waals surface area contributed by atoms with Gasteiger partial charge in [-0.15, -0.1) is 0 Å². The molecule has 0 fully saturated rings. The van der Waals surface area contributed by atoms with Gasteiger partial charge in [0.1, 0.15) is 25.6 Å². The van der Waals surface area contributed by atoms with Crippen LogP contribution in [0.3, 0.4) is 0 Å². The van der Waals surface area contributed by atoms with Gasteiger partial charge in [-0.3, -0.25) is 0 Å². The van der Waals surface area contributed by atoms with Crippen LogP contribution < -0.4 is 0 Å². The Balaban J connectivity index is 0. The molecule has 0 saturated carbocycles. The van der Waals surface area contributed by atoms with Crippen LogP contribution in [0.15, 0.2) is 63.0 Å². The van der Waals surface area contributed by atoms with E-state index in [2.05, 4.69) is 32.9 Å². The van der Waals surface area contributed by atoms with E-state index in [1.54, 1.807) is 0 Å². The van der Waals surface area contributed by atoms with Crippen molar-refractivity contribution in [3.8, 4) is 0 Å². The molecule has 0 bridgehead atoms. The Bertz CT molecular complexity index is 560. The van der Waals surface area contributed by atoms with Crippen molar-refractivity contribution >= 4 is 17.9 Å². The van der Waals surface area contributed by atoms with E-state index in [0.29, 0.717) is 25.0 Å². The first kappa shape index (κ1) is 30.1. The average molecular weight is 437 g/mol. The lowest BCUT2D eigenvalue weighted by Crippen LogP contribution is -2.38. The van der Waals surface area contributed by atoms with Crippen molar-refractivity contribution in [2.45, 2.75) is 39.5 Å². The smallest absolute Gasteiger partial charge is 0.330 e. The molecule has 0 aliphatic heterocycles. The van der Waals surface area contributed by atoms with Crippen LogP contribution in [0.2, 0.25) is 0 Å². The molecular formula is C24H36O7. The minimum Gasteiger partial charge on any atom is -0.493 e. The second-order valence-electron chi connectivity index (χ2n) is 6.27. The number of hydrogen-bond donors (Lipinski definition) is 0. The average Bonchev–Trinajstić information content (AvgIpc) is 2.81. The molecule has 0 unspecified atom stereocenters. The van der Waals surface area contributed by atoms with Gasteiger partial charge >= 0.3 is 17.9 Å². The number of carbonyl (C=O) groups is 3. The highest BCUT2D eigenvalue weighted by Crippen LogP contribution is 2.28. The monoisotopic (exact) mass is 436 g/mol. The zero-order valence-electron chi connectivity index (χ0n) is 18.9. The molecule has 0 aliphatic carbocycles. The molecule has 0 radical (unpaired) electrons. The second kappa shape index (κ2) is 18.9. The molecule has 31 heavy (non-hydrogen) atoms. The van der Waals surface area contributed by atoms with E-state index in [4.69, 9.17) is 18.9 Å². The van der Waals surface area contributed by atoms with Crippen molar-refractivity contribution in [1.82, 2.24) is 0 Å². The number of hydrogen-bond acceptors (Lipinski definition) is 7. The third-order valence-corrected chi connectivity index (χ3v) is 3.93. The van der Waals surface area contributed by atoms with Gasteiger partial charge in [0.05, 0.1) is 12.0 Å². The molecule has 0 atom stereocenters. The number of unbranched alkanes of at least 4 members (excludes halogenated alkanes) is 2.